The number of anilines is 2. The molecule has 3 nitrogen and oxygen atoms in total. The highest BCUT2D eigenvalue weighted by atomic mass is 15.3. The summed E-state index contributed by atoms with van der Waals surface area (Å²) in [6.45, 7) is 8.95. The molecule has 130 valence electrons. The summed E-state index contributed by atoms with van der Waals surface area (Å²) in [7, 11) is 2.16. The summed E-state index contributed by atoms with van der Waals surface area (Å²) in [5.41, 5.74) is 3.79. The Labute approximate surface area is 151 Å². The molecule has 0 aliphatic heterocycles. The first kappa shape index (κ1) is 17.3. The minimum atomic E-state index is 0.383. The number of nitrogens with zero attached hydrogens (tertiary/aromatic N) is 3. The molecule has 3 heteroatoms. The predicted octanol–water partition coefficient (Wildman–Crippen LogP) is 5.24. The molecule has 1 heterocycles. The van der Waals surface area contributed by atoms with Crippen molar-refractivity contribution in [1.82, 2.24) is 4.57 Å². The summed E-state index contributed by atoms with van der Waals surface area (Å²) < 4.78 is 4.58. The van der Waals surface area contributed by atoms with E-state index in [4.69, 9.17) is 0 Å². The second-order valence-corrected chi connectivity index (χ2v) is 7.08. The second-order valence-electron chi connectivity index (χ2n) is 7.08. The van der Waals surface area contributed by atoms with Gasteiger partial charge in [-0.3, -0.25) is 0 Å². The Kier molecular flexibility index (Phi) is 4.93. The van der Waals surface area contributed by atoms with Gasteiger partial charge in [0.05, 0.1) is 19.3 Å². The Morgan fingerprint density at radius 2 is 1.52 bits per heavy atom. The third kappa shape index (κ3) is 3.32. The maximum atomic E-state index is 2.32. The van der Waals surface area contributed by atoms with Crippen LogP contribution in [0.5, 0.6) is 0 Å². The van der Waals surface area contributed by atoms with Crippen molar-refractivity contribution in [3.8, 4) is 5.69 Å². The molecule has 0 fully saturated rings. The quantitative estimate of drug-likeness (QED) is 0.581. The van der Waals surface area contributed by atoms with Gasteiger partial charge < -0.3 is 0 Å². The number of hydrogen-bond donors (Lipinski definition) is 0. The van der Waals surface area contributed by atoms with Crippen LogP contribution in [0, 0.1) is 0 Å². The van der Waals surface area contributed by atoms with Crippen molar-refractivity contribution >= 4 is 11.6 Å². The molecular weight excluding hydrogens is 306 g/mol. The van der Waals surface area contributed by atoms with Crippen molar-refractivity contribution in [2.75, 3.05) is 11.9 Å². The molecular formula is C22H28N3+. The summed E-state index contributed by atoms with van der Waals surface area (Å²) in [5, 5.41) is 0. The first-order chi connectivity index (χ1) is 12.0. The smallest absolute Gasteiger partial charge is 0.233 e. The highest BCUT2D eigenvalue weighted by Gasteiger charge is 2.27. The lowest BCUT2D eigenvalue weighted by Crippen LogP contribution is -2.40. The number of para-hydroxylation sites is 2. The molecule has 0 saturated carbocycles. The van der Waals surface area contributed by atoms with E-state index in [9.17, 15) is 0 Å². The Hall–Kier alpha value is -2.55. The SMILES string of the molecule is CC(C)c1ccccc1N(C)c1n(-c2ccccc2)cc[n+]1C(C)C. The van der Waals surface area contributed by atoms with Crippen LogP contribution in [0.1, 0.15) is 45.2 Å². The van der Waals surface area contributed by atoms with Crippen molar-refractivity contribution in [2.24, 2.45) is 0 Å². The van der Waals surface area contributed by atoms with Gasteiger partial charge in [0, 0.05) is 0 Å². The van der Waals surface area contributed by atoms with Crippen LogP contribution in [0.4, 0.5) is 11.6 Å². The van der Waals surface area contributed by atoms with Crippen LogP contribution >= 0.6 is 0 Å². The lowest BCUT2D eigenvalue weighted by molar-refractivity contribution is -0.702. The molecule has 0 atom stereocenters. The van der Waals surface area contributed by atoms with E-state index in [1.807, 2.05) is 0 Å². The highest BCUT2D eigenvalue weighted by Crippen LogP contribution is 2.31. The van der Waals surface area contributed by atoms with E-state index in [1.54, 1.807) is 0 Å². The summed E-state index contributed by atoms with van der Waals surface area (Å²) in [5.74, 6) is 1.64. The molecule has 0 bridgehead atoms. The van der Waals surface area contributed by atoms with Crippen molar-refractivity contribution in [2.45, 2.75) is 39.7 Å². The number of imidazole rings is 1. The third-order valence-electron chi connectivity index (χ3n) is 4.63. The van der Waals surface area contributed by atoms with Crippen LogP contribution < -0.4 is 9.47 Å². The van der Waals surface area contributed by atoms with Gasteiger partial charge in [0.25, 0.3) is 0 Å². The zero-order chi connectivity index (χ0) is 18.0. The molecule has 0 amide bonds. The maximum Gasteiger partial charge on any atom is 0.369 e. The Morgan fingerprint density at radius 3 is 2.16 bits per heavy atom. The monoisotopic (exact) mass is 334 g/mol. The number of benzene rings is 2. The van der Waals surface area contributed by atoms with Crippen LogP contribution in [0.15, 0.2) is 67.0 Å². The predicted molar refractivity (Wildman–Crippen MR) is 105 cm³/mol. The average molecular weight is 334 g/mol. The van der Waals surface area contributed by atoms with Crippen LogP contribution in [-0.4, -0.2) is 11.6 Å². The summed E-state index contributed by atoms with van der Waals surface area (Å²) in [6, 6.07) is 19.6. The van der Waals surface area contributed by atoms with Crippen molar-refractivity contribution < 1.29 is 4.57 Å². The van der Waals surface area contributed by atoms with Gasteiger partial charge in [-0.2, -0.15) is 0 Å². The van der Waals surface area contributed by atoms with E-state index in [0.717, 1.165) is 5.95 Å². The van der Waals surface area contributed by atoms with Crippen LogP contribution in [-0.2, 0) is 0 Å². The summed E-state index contributed by atoms with van der Waals surface area (Å²) >= 11 is 0. The number of aromatic nitrogens is 2. The van der Waals surface area contributed by atoms with E-state index in [2.05, 4.69) is 116 Å². The Balaban J connectivity index is 2.17. The molecule has 3 aromatic rings. The zero-order valence-electron chi connectivity index (χ0n) is 15.8. The molecule has 3 rings (SSSR count). The Bertz CT molecular complexity index is 831. The van der Waals surface area contributed by atoms with Gasteiger partial charge in [0.1, 0.15) is 17.6 Å². The highest BCUT2D eigenvalue weighted by molar-refractivity contribution is 5.62. The molecule has 0 unspecified atom stereocenters. The topological polar surface area (TPSA) is 12.1 Å². The number of rotatable bonds is 5. The zero-order valence-corrected chi connectivity index (χ0v) is 15.8. The van der Waals surface area contributed by atoms with Crippen LogP contribution in [0.3, 0.4) is 0 Å². The normalized spacial score (nSPS) is 11.3. The standard InChI is InChI=1S/C22H28N3/c1-17(2)20-13-9-10-14-21(20)23(5)22-24(18(3)4)15-16-25(22)19-11-7-6-8-12-19/h6-18H,1-5H3/q+1. The molecule has 25 heavy (non-hydrogen) atoms. The van der Waals surface area contributed by atoms with E-state index < -0.39 is 0 Å². The molecule has 1 aromatic heterocycles. The molecule has 0 spiro atoms. The van der Waals surface area contributed by atoms with E-state index >= 15 is 0 Å². The fourth-order valence-electron chi connectivity index (χ4n) is 3.31. The fraction of sp³-hybridized carbons (Fsp3) is 0.318. The second kappa shape index (κ2) is 7.14. The van der Waals surface area contributed by atoms with Crippen molar-refractivity contribution in [1.29, 1.82) is 0 Å². The van der Waals surface area contributed by atoms with Gasteiger partial charge in [-0.25, -0.2) is 14.0 Å². The van der Waals surface area contributed by atoms with Gasteiger partial charge in [0.15, 0.2) is 0 Å². The minimum Gasteiger partial charge on any atom is -0.233 e. The number of hydrogen-bond acceptors (Lipinski definition) is 1. The van der Waals surface area contributed by atoms with E-state index in [0.29, 0.717) is 12.0 Å². The van der Waals surface area contributed by atoms with E-state index in [1.165, 1.54) is 16.9 Å². The van der Waals surface area contributed by atoms with Gasteiger partial charge in [-0.05, 0) is 43.5 Å². The molecule has 0 radical (unpaired) electrons. The summed E-state index contributed by atoms with van der Waals surface area (Å²) in [6.07, 6.45) is 4.32. The molecule has 0 aliphatic rings. The van der Waals surface area contributed by atoms with Gasteiger partial charge in [0.2, 0.25) is 0 Å². The molecule has 0 N–H and O–H groups in total. The molecule has 0 aliphatic carbocycles. The first-order valence-electron chi connectivity index (χ1n) is 9.01. The average Bonchev–Trinajstić information content (AvgIpc) is 3.07. The van der Waals surface area contributed by atoms with Crippen molar-refractivity contribution in [3.63, 3.8) is 0 Å². The van der Waals surface area contributed by atoms with Gasteiger partial charge in [-0.1, -0.05) is 50.2 Å². The molecule has 2 aromatic carbocycles. The minimum absolute atomic E-state index is 0.383. The van der Waals surface area contributed by atoms with Gasteiger partial charge >= 0.3 is 5.95 Å². The molecule has 0 saturated heterocycles. The third-order valence-corrected chi connectivity index (χ3v) is 4.63. The lowest BCUT2D eigenvalue weighted by atomic mass is 10.0. The first-order valence-corrected chi connectivity index (χ1v) is 9.01. The maximum absolute atomic E-state index is 2.32. The largest absolute Gasteiger partial charge is 0.369 e. The van der Waals surface area contributed by atoms with Crippen LogP contribution in [0.2, 0.25) is 0 Å². The van der Waals surface area contributed by atoms with Crippen LogP contribution in [0.25, 0.3) is 5.69 Å². The fourth-order valence-corrected chi connectivity index (χ4v) is 3.31. The van der Waals surface area contributed by atoms with Gasteiger partial charge in [-0.15, -0.1) is 0 Å². The Morgan fingerprint density at radius 1 is 0.880 bits per heavy atom. The lowest BCUT2D eigenvalue weighted by Gasteiger charge is -2.21. The summed E-state index contributed by atoms with van der Waals surface area (Å²) in [4.78, 5) is 2.31. The van der Waals surface area contributed by atoms with Crippen molar-refractivity contribution in [3.05, 3.63) is 72.6 Å². The van der Waals surface area contributed by atoms with E-state index in [-0.39, 0.29) is 0 Å².